The highest BCUT2D eigenvalue weighted by Gasteiger charge is 2.33. The molecule has 1 aromatic carbocycles. The molecule has 0 unspecified atom stereocenters. The summed E-state index contributed by atoms with van der Waals surface area (Å²) in [5, 5.41) is 2.47. The number of nitrogens with zero attached hydrogens (tertiary/aromatic N) is 2. The SMILES string of the molecule is NNC(=O)NC[C@H]1CN(c2ccc(N3CCSCC3)c(F)c2)C(=O)O1. The number of cyclic esters (lactones) is 1. The predicted octanol–water partition coefficient (Wildman–Crippen LogP) is 0.877. The number of carbonyl (C=O) groups excluding carboxylic acids is 2. The summed E-state index contributed by atoms with van der Waals surface area (Å²) in [7, 11) is 0. The minimum Gasteiger partial charge on any atom is -0.442 e. The first-order valence-corrected chi connectivity index (χ1v) is 9.09. The number of hydrogen-bond acceptors (Lipinski definition) is 6. The maximum atomic E-state index is 14.5. The van der Waals surface area contributed by atoms with Crippen molar-refractivity contribution in [2.24, 2.45) is 5.84 Å². The van der Waals surface area contributed by atoms with E-state index in [0.29, 0.717) is 11.4 Å². The molecule has 2 heterocycles. The normalized spacial score (nSPS) is 20.4. The van der Waals surface area contributed by atoms with Crippen LogP contribution in [-0.2, 0) is 4.74 Å². The second kappa shape index (κ2) is 7.79. The van der Waals surface area contributed by atoms with Crippen molar-refractivity contribution in [2.45, 2.75) is 6.10 Å². The van der Waals surface area contributed by atoms with Crippen molar-refractivity contribution >= 4 is 35.3 Å². The van der Waals surface area contributed by atoms with E-state index in [1.165, 1.54) is 11.0 Å². The van der Waals surface area contributed by atoms with Gasteiger partial charge < -0.3 is 15.0 Å². The first kappa shape index (κ1) is 17.6. The molecular weight excluding hydrogens is 349 g/mol. The second-order valence-corrected chi connectivity index (χ2v) is 6.93. The lowest BCUT2D eigenvalue weighted by atomic mass is 10.2. The molecule has 3 rings (SSSR count). The Kier molecular flexibility index (Phi) is 5.49. The number of rotatable bonds is 4. The highest BCUT2D eigenvalue weighted by molar-refractivity contribution is 7.99. The summed E-state index contributed by atoms with van der Waals surface area (Å²) in [6.07, 6.45) is -1.09. The summed E-state index contributed by atoms with van der Waals surface area (Å²) < 4.78 is 19.7. The van der Waals surface area contributed by atoms with Gasteiger partial charge in [0.05, 0.1) is 24.5 Å². The average molecular weight is 369 g/mol. The van der Waals surface area contributed by atoms with Crippen molar-refractivity contribution in [3.05, 3.63) is 24.0 Å². The summed E-state index contributed by atoms with van der Waals surface area (Å²) in [5.41, 5.74) is 2.91. The van der Waals surface area contributed by atoms with Crippen LogP contribution in [0.3, 0.4) is 0 Å². The standard InChI is InChI=1S/C15H20FN5O3S/c16-12-7-10(1-2-13(12)20-3-5-25-6-4-20)21-9-11(24-15(21)23)8-18-14(22)19-17/h1-2,7,11H,3-6,8-9,17H2,(H2,18,19,22)/t11-/m0/s1. The van der Waals surface area contributed by atoms with Crippen LogP contribution in [0.4, 0.5) is 25.4 Å². The Hall–Kier alpha value is -2.20. The van der Waals surface area contributed by atoms with E-state index in [1.807, 2.05) is 22.1 Å². The molecule has 0 radical (unpaired) electrons. The van der Waals surface area contributed by atoms with Crippen LogP contribution < -0.4 is 26.4 Å². The summed E-state index contributed by atoms with van der Waals surface area (Å²) >= 11 is 1.86. The van der Waals surface area contributed by atoms with Crippen molar-refractivity contribution in [3.63, 3.8) is 0 Å². The van der Waals surface area contributed by atoms with Gasteiger partial charge in [-0.05, 0) is 18.2 Å². The Bertz CT molecular complexity index is 656. The van der Waals surface area contributed by atoms with Crippen molar-refractivity contribution in [1.29, 1.82) is 0 Å². The van der Waals surface area contributed by atoms with Crippen LogP contribution in [0.2, 0.25) is 0 Å². The number of hydrazine groups is 1. The number of hydrogen-bond donors (Lipinski definition) is 3. The molecular formula is C15H20FN5O3S. The first-order valence-electron chi connectivity index (χ1n) is 7.93. The quantitative estimate of drug-likeness (QED) is 0.414. The van der Waals surface area contributed by atoms with Gasteiger partial charge in [-0.1, -0.05) is 0 Å². The fourth-order valence-corrected chi connectivity index (χ4v) is 3.72. The molecule has 0 spiro atoms. The highest BCUT2D eigenvalue weighted by atomic mass is 32.2. The molecule has 2 saturated heterocycles. The van der Waals surface area contributed by atoms with E-state index in [1.54, 1.807) is 12.1 Å². The Balaban J connectivity index is 1.66. The Morgan fingerprint density at radius 2 is 2.16 bits per heavy atom. The molecule has 2 aliphatic heterocycles. The zero-order chi connectivity index (χ0) is 17.8. The molecule has 0 aromatic heterocycles. The third-order valence-corrected chi connectivity index (χ3v) is 5.03. The number of benzene rings is 1. The monoisotopic (exact) mass is 369 g/mol. The summed E-state index contributed by atoms with van der Waals surface area (Å²) in [6.45, 7) is 1.97. The lowest BCUT2D eigenvalue weighted by Crippen LogP contribution is -2.43. The number of amides is 3. The van der Waals surface area contributed by atoms with Gasteiger partial charge in [-0.15, -0.1) is 0 Å². The van der Waals surface area contributed by atoms with Gasteiger partial charge >= 0.3 is 12.1 Å². The van der Waals surface area contributed by atoms with E-state index in [0.717, 1.165) is 24.6 Å². The molecule has 4 N–H and O–H groups in total. The van der Waals surface area contributed by atoms with Gasteiger partial charge in [0.25, 0.3) is 0 Å². The molecule has 25 heavy (non-hydrogen) atoms. The van der Waals surface area contributed by atoms with Gasteiger partial charge in [0.2, 0.25) is 0 Å². The van der Waals surface area contributed by atoms with Crippen molar-refractivity contribution in [2.75, 3.05) is 47.5 Å². The lowest BCUT2D eigenvalue weighted by Gasteiger charge is -2.29. The van der Waals surface area contributed by atoms with Gasteiger partial charge in [0, 0.05) is 24.6 Å². The Morgan fingerprint density at radius 1 is 1.40 bits per heavy atom. The molecule has 3 amide bonds. The van der Waals surface area contributed by atoms with Crippen LogP contribution in [0.1, 0.15) is 0 Å². The second-order valence-electron chi connectivity index (χ2n) is 5.71. The Labute approximate surface area is 148 Å². The third-order valence-electron chi connectivity index (χ3n) is 4.09. The minimum absolute atomic E-state index is 0.122. The summed E-state index contributed by atoms with van der Waals surface area (Å²) in [6, 6.07) is 4.19. The molecule has 0 aliphatic carbocycles. The van der Waals surface area contributed by atoms with Crippen LogP contribution in [0.25, 0.3) is 0 Å². The number of carbonyl (C=O) groups is 2. The van der Waals surface area contributed by atoms with Crippen LogP contribution in [0.5, 0.6) is 0 Å². The van der Waals surface area contributed by atoms with Gasteiger partial charge in [-0.25, -0.2) is 19.8 Å². The van der Waals surface area contributed by atoms with Crippen molar-refractivity contribution in [1.82, 2.24) is 10.7 Å². The van der Waals surface area contributed by atoms with Crippen LogP contribution >= 0.6 is 11.8 Å². The molecule has 8 nitrogen and oxygen atoms in total. The van der Waals surface area contributed by atoms with Crippen LogP contribution in [-0.4, -0.2) is 55.9 Å². The molecule has 10 heteroatoms. The summed E-state index contributed by atoms with van der Waals surface area (Å²) in [5.74, 6) is 6.56. The predicted molar refractivity (Wildman–Crippen MR) is 94.3 cm³/mol. The van der Waals surface area contributed by atoms with Crippen molar-refractivity contribution < 1.29 is 18.7 Å². The van der Waals surface area contributed by atoms with Crippen LogP contribution in [0.15, 0.2) is 18.2 Å². The Morgan fingerprint density at radius 3 is 2.84 bits per heavy atom. The maximum Gasteiger partial charge on any atom is 0.414 e. The van der Waals surface area contributed by atoms with E-state index in [9.17, 15) is 14.0 Å². The van der Waals surface area contributed by atoms with Crippen LogP contribution in [0, 0.1) is 5.82 Å². The number of urea groups is 1. The lowest BCUT2D eigenvalue weighted by molar-refractivity contribution is 0.140. The largest absolute Gasteiger partial charge is 0.442 e. The number of nitrogens with one attached hydrogen (secondary N) is 2. The molecule has 1 atom stereocenters. The van der Waals surface area contributed by atoms with E-state index in [4.69, 9.17) is 10.6 Å². The van der Waals surface area contributed by atoms with E-state index >= 15 is 0 Å². The number of ether oxygens (including phenoxy) is 1. The fraction of sp³-hybridized carbons (Fsp3) is 0.467. The molecule has 0 bridgehead atoms. The third kappa shape index (κ3) is 4.07. The van der Waals surface area contributed by atoms with E-state index in [-0.39, 0.29) is 18.9 Å². The highest BCUT2D eigenvalue weighted by Crippen LogP contribution is 2.29. The van der Waals surface area contributed by atoms with E-state index < -0.39 is 18.2 Å². The number of anilines is 2. The van der Waals surface area contributed by atoms with Gasteiger partial charge in [-0.2, -0.15) is 11.8 Å². The van der Waals surface area contributed by atoms with E-state index in [2.05, 4.69) is 5.32 Å². The molecule has 136 valence electrons. The molecule has 0 saturated carbocycles. The number of thioether (sulfide) groups is 1. The van der Waals surface area contributed by atoms with Gasteiger partial charge in [0.1, 0.15) is 11.9 Å². The molecule has 2 aliphatic rings. The smallest absolute Gasteiger partial charge is 0.414 e. The fourth-order valence-electron chi connectivity index (χ4n) is 2.82. The maximum absolute atomic E-state index is 14.5. The number of halogens is 1. The average Bonchev–Trinajstić information content (AvgIpc) is 3.01. The van der Waals surface area contributed by atoms with Gasteiger partial charge in [-0.3, -0.25) is 10.3 Å². The molecule has 1 aromatic rings. The zero-order valence-corrected chi connectivity index (χ0v) is 14.4. The first-order chi connectivity index (χ1) is 12.1. The topological polar surface area (TPSA) is 99.9 Å². The minimum atomic E-state index is -0.568. The zero-order valence-electron chi connectivity index (χ0n) is 13.5. The molecule has 2 fully saturated rings. The number of nitrogens with two attached hydrogens (primary N) is 1. The van der Waals surface area contributed by atoms with Gasteiger partial charge in [0.15, 0.2) is 0 Å². The summed E-state index contributed by atoms with van der Waals surface area (Å²) in [4.78, 5) is 26.5. The van der Waals surface area contributed by atoms with Crippen molar-refractivity contribution in [3.8, 4) is 0 Å².